The van der Waals surface area contributed by atoms with Crippen molar-refractivity contribution in [3.8, 4) is 0 Å². The number of hydrogen-bond donors (Lipinski definition) is 4. The standard InChI is InChI=1S/C16H32O3.C10H20O3/c1-2-3-4-5-6-7-8-9-10-11-12-13-15(17)14-16(18)19;1-2-3-4-5-6-7-9(11)8-10(12)13/h15,17H,2-14H2,1H3,(H,18,19);9,11H,2-8H2,1H3,(H,12,13). The Balaban J connectivity index is 0. The Hall–Kier alpha value is -1.14. The van der Waals surface area contributed by atoms with Crippen LogP contribution in [0.3, 0.4) is 0 Å². The number of aliphatic carboxylic acids is 2. The summed E-state index contributed by atoms with van der Waals surface area (Å²) in [6.45, 7) is 4.40. The molecule has 0 rings (SSSR count). The lowest BCUT2D eigenvalue weighted by Crippen LogP contribution is -2.12. The molecule has 0 aromatic rings. The molecule has 0 saturated heterocycles. The largest absolute Gasteiger partial charge is 0.481 e. The fourth-order valence-corrected chi connectivity index (χ4v) is 3.63. The van der Waals surface area contributed by atoms with Gasteiger partial charge in [-0.3, -0.25) is 9.59 Å². The van der Waals surface area contributed by atoms with Gasteiger partial charge in [-0.1, -0.05) is 117 Å². The zero-order chi connectivity index (χ0) is 24.5. The maximum absolute atomic E-state index is 10.4. The van der Waals surface area contributed by atoms with Crippen LogP contribution in [0.4, 0.5) is 0 Å². The molecule has 0 bridgehead atoms. The van der Waals surface area contributed by atoms with Gasteiger partial charge in [-0.05, 0) is 12.8 Å². The number of rotatable bonds is 22. The zero-order valence-corrected chi connectivity index (χ0v) is 20.9. The Morgan fingerprint density at radius 1 is 0.500 bits per heavy atom. The molecule has 0 aliphatic heterocycles. The molecule has 0 spiro atoms. The highest BCUT2D eigenvalue weighted by molar-refractivity contribution is 5.67. The molecule has 32 heavy (non-hydrogen) atoms. The first-order chi connectivity index (χ1) is 15.3. The quantitative estimate of drug-likeness (QED) is 0.134. The molecule has 0 amide bonds. The maximum atomic E-state index is 10.4. The van der Waals surface area contributed by atoms with Crippen molar-refractivity contribution in [3.05, 3.63) is 0 Å². The van der Waals surface area contributed by atoms with Gasteiger partial charge in [0, 0.05) is 0 Å². The second-order valence-electron chi connectivity index (χ2n) is 9.03. The minimum absolute atomic E-state index is 0.113. The van der Waals surface area contributed by atoms with Crippen LogP contribution in [0.5, 0.6) is 0 Å². The Labute approximate surface area is 196 Å². The van der Waals surface area contributed by atoms with Crippen LogP contribution >= 0.6 is 0 Å². The highest BCUT2D eigenvalue weighted by Gasteiger charge is 2.09. The Bertz CT molecular complexity index is 413. The molecule has 0 aliphatic carbocycles. The van der Waals surface area contributed by atoms with Gasteiger partial charge in [0.05, 0.1) is 25.0 Å². The summed E-state index contributed by atoms with van der Waals surface area (Å²) < 4.78 is 0. The zero-order valence-electron chi connectivity index (χ0n) is 20.9. The monoisotopic (exact) mass is 460 g/mol. The van der Waals surface area contributed by atoms with E-state index in [-0.39, 0.29) is 12.8 Å². The summed E-state index contributed by atoms with van der Waals surface area (Å²) in [4.78, 5) is 20.5. The van der Waals surface area contributed by atoms with Gasteiger partial charge in [0.15, 0.2) is 0 Å². The molecular weight excluding hydrogens is 408 g/mol. The Morgan fingerprint density at radius 2 is 0.750 bits per heavy atom. The molecule has 6 heteroatoms. The third-order valence-electron chi connectivity index (χ3n) is 5.60. The number of aliphatic hydroxyl groups excluding tert-OH is 2. The van der Waals surface area contributed by atoms with Crippen LogP contribution in [-0.4, -0.2) is 44.6 Å². The van der Waals surface area contributed by atoms with Gasteiger partial charge in [0.1, 0.15) is 0 Å². The van der Waals surface area contributed by atoms with Gasteiger partial charge in [-0.15, -0.1) is 0 Å². The molecule has 2 unspecified atom stereocenters. The van der Waals surface area contributed by atoms with Gasteiger partial charge >= 0.3 is 11.9 Å². The molecule has 4 N–H and O–H groups in total. The first-order valence-electron chi connectivity index (χ1n) is 13.1. The molecular formula is C26H52O6. The van der Waals surface area contributed by atoms with E-state index < -0.39 is 24.1 Å². The van der Waals surface area contributed by atoms with E-state index in [1.54, 1.807) is 0 Å². The Morgan fingerprint density at radius 3 is 1.00 bits per heavy atom. The fourth-order valence-electron chi connectivity index (χ4n) is 3.63. The maximum Gasteiger partial charge on any atom is 0.305 e. The number of carbonyl (C=O) groups is 2. The molecule has 192 valence electrons. The highest BCUT2D eigenvalue weighted by Crippen LogP contribution is 2.13. The van der Waals surface area contributed by atoms with E-state index in [0.717, 1.165) is 25.7 Å². The summed E-state index contributed by atoms with van der Waals surface area (Å²) in [5.41, 5.74) is 0. The molecule has 0 aromatic heterocycles. The summed E-state index contributed by atoms with van der Waals surface area (Å²) in [5.74, 6) is -1.82. The van der Waals surface area contributed by atoms with Crippen molar-refractivity contribution >= 4 is 11.9 Å². The highest BCUT2D eigenvalue weighted by atomic mass is 16.4. The lowest BCUT2D eigenvalue weighted by atomic mass is 10.0. The molecule has 0 aliphatic rings. The fraction of sp³-hybridized carbons (Fsp3) is 0.923. The van der Waals surface area contributed by atoms with E-state index in [0.29, 0.717) is 12.8 Å². The summed E-state index contributed by atoms with van der Waals surface area (Å²) in [6.07, 6.45) is 19.4. The molecule has 0 heterocycles. The van der Waals surface area contributed by atoms with E-state index in [1.165, 1.54) is 77.0 Å². The van der Waals surface area contributed by atoms with Gasteiger partial charge in [-0.2, -0.15) is 0 Å². The molecule has 0 radical (unpaired) electrons. The minimum atomic E-state index is -0.916. The summed E-state index contributed by atoms with van der Waals surface area (Å²) in [5, 5.41) is 35.4. The van der Waals surface area contributed by atoms with Crippen molar-refractivity contribution in [2.24, 2.45) is 0 Å². The first-order valence-corrected chi connectivity index (χ1v) is 13.1. The summed E-state index contributed by atoms with van der Waals surface area (Å²) >= 11 is 0. The van der Waals surface area contributed by atoms with Crippen LogP contribution < -0.4 is 0 Å². The lowest BCUT2D eigenvalue weighted by molar-refractivity contribution is -0.140. The molecule has 0 aromatic carbocycles. The average Bonchev–Trinajstić information content (AvgIpc) is 2.71. The average molecular weight is 461 g/mol. The van der Waals surface area contributed by atoms with E-state index in [9.17, 15) is 19.8 Å². The summed E-state index contributed by atoms with van der Waals surface area (Å²) in [6, 6.07) is 0. The molecule has 0 saturated carbocycles. The second kappa shape index (κ2) is 26.1. The third-order valence-corrected chi connectivity index (χ3v) is 5.60. The van der Waals surface area contributed by atoms with Crippen LogP contribution in [0.15, 0.2) is 0 Å². The molecule has 0 fully saturated rings. The van der Waals surface area contributed by atoms with Crippen LogP contribution in [-0.2, 0) is 9.59 Å². The number of unbranched alkanes of at least 4 members (excludes halogenated alkanes) is 14. The topological polar surface area (TPSA) is 115 Å². The second-order valence-corrected chi connectivity index (χ2v) is 9.03. The van der Waals surface area contributed by atoms with Gasteiger partial charge < -0.3 is 20.4 Å². The van der Waals surface area contributed by atoms with Crippen molar-refractivity contribution in [1.82, 2.24) is 0 Å². The number of carboxylic acids is 2. The van der Waals surface area contributed by atoms with Crippen LogP contribution in [0, 0.1) is 0 Å². The SMILES string of the molecule is CCCCCCCC(O)CC(=O)O.CCCCCCCCCCCCCC(O)CC(=O)O. The van der Waals surface area contributed by atoms with Gasteiger partial charge in [0.2, 0.25) is 0 Å². The number of carboxylic acid groups (broad SMARTS) is 2. The van der Waals surface area contributed by atoms with E-state index in [2.05, 4.69) is 13.8 Å². The van der Waals surface area contributed by atoms with Crippen molar-refractivity contribution < 1.29 is 30.0 Å². The van der Waals surface area contributed by atoms with Crippen LogP contribution in [0.2, 0.25) is 0 Å². The third kappa shape index (κ3) is 31.0. The van der Waals surface area contributed by atoms with E-state index >= 15 is 0 Å². The molecule has 6 nitrogen and oxygen atoms in total. The predicted molar refractivity (Wildman–Crippen MR) is 131 cm³/mol. The minimum Gasteiger partial charge on any atom is -0.481 e. The van der Waals surface area contributed by atoms with Crippen molar-refractivity contribution in [3.63, 3.8) is 0 Å². The first kappa shape index (κ1) is 33.0. The smallest absolute Gasteiger partial charge is 0.305 e. The summed E-state index contributed by atoms with van der Waals surface area (Å²) in [7, 11) is 0. The van der Waals surface area contributed by atoms with Gasteiger partial charge in [0.25, 0.3) is 0 Å². The normalized spacial score (nSPS) is 12.6. The number of hydrogen-bond acceptors (Lipinski definition) is 4. The van der Waals surface area contributed by atoms with Crippen LogP contribution in [0.1, 0.15) is 142 Å². The van der Waals surface area contributed by atoms with Crippen LogP contribution in [0.25, 0.3) is 0 Å². The van der Waals surface area contributed by atoms with Crippen molar-refractivity contribution in [1.29, 1.82) is 0 Å². The molecule has 2 atom stereocenters. The predicted octanol–water partition coefficient (Wildman–Crippen LogP) is 6.71. The van der Waals surface area contributed by atoms with E-state index in [4.69, 9.17) is 10.2 Å². The van der Waals surface area contributed by atoms with Gasteiger partial charge in [-0.25, -0.2) is 0 Å². The van der Waals surface area contributed by atoms with Crippen molar-refractivity contribution in [2.75, 3.05) is 0 Å². The van der Waals surface area contributed by atoms with E-state index in [1.807, 2.05) is 0 Å². The number of aliphatic hydroxyl groups is 2. The lowest BCUT2D eigenvalue weighted by Gasteiger charge is -2.07. The Kier molecular flexibility index (Phi) is 27.0. The van der Waals surface area contributed by atoms with Crippen molar-refractivity contribution in [2.45, 2.75) is 154 Å².